The van der Waals surface area contributed by atoms with E-state index in [-0.39, 0.29) is 0 Å². The number of hydrogen-bond acceptors (Lipinski definition) is 3. The molecule has 0 aromatic rings. The number of morpholine rings is 1. The Kier molecular flexibility index (Phi) is 6.29. The second-order valence-corrected chi connectivity index (χ2v) is 5.08. The van der Waals surface area contributed by atoms with Crippen LogP contribution in [-0.2, 0) is 4.74 Å². The van der Waals surface area contributed by atoms with Gasteiger partial charge in [-0.3, -0.25) is 9.89 Å². The molecule has 100 valence electrons. The average Bonchev–Trinajstić information content (AvgIpc) is 2.27. The largest absolute Gasteiger partial charge is 0.379 e. The fourth-order valence-electron chi connectivity index (χ4n) is 1.80. The zero-order valence-electron chi connectivity index (χ0n) is 11.3. The highest BCUT2D eigenvalue weighted by Crippen LogP contribution is 1.98. The van der Waals surface area contributed by atoms with Gasteiger partial charge < -0.3 is 15.8 Å². The zero-order chi connectivity index (χ0) is 12.7. The number of rotatable bonds is 5. The van der Waals surface area contributed by atoms with Crippen LogP contribution in [0.3, 0.4) is 0 Å². The van der Waals surface area contributed by atoms with Crippen molar-refractivity contribution >= 4 is 5.96 Å². The van der Waals surface area contributed by atoms with Gasteiger partial charge in [0.15, 0.2) is 5.96 Å². The van der Waals surface area contributed by atoms with Gasteiger partial charge >= 0.3 is 0 Å². The molecule has 3 N–H and O–H groups in total. The van der Waals surface area contributed by atoms with Gasteiger partial charge in [0.05, 0.1) is 13.2 Å². The van der Waals surface area contributed by atoms with Gasteiger partial charge in [0, 0.05) is 32.2 Å². The van der Waals surface area contributed by atoms with Crippen LogP contribution in [0.25, 0.3) is 0 Å². The Balaban J connectivity index is 2.23. The second kappa shape index (κ2) is 7.50. The lowest BCUT2D eigenvalue weighted by Gasteiger charge is -2.29. The Morgan fingerprint density at radius 1 is 1.35 bits per heavy atom. The van der Waals surface area contributed by atoms with Crippen molar-refractivity contribution in [2.24, 2.45) is 16.6 Å². The van der Waals surface area contributed by atoms with Crippen LogP contribution in [-0.4, -0.2) is 56.3 Å². The molecule has 0 spiro atoms. The first-order valence-electron chi connectivity index (χ1n) is 6.44. The molecule has 1 unspecified atom stereocenters. The lowest BCUT2D eigenvalue weighted by Crippen LogP contribution is -2.48. The van der Waals surface area contributed by atoms with Gasteiger partial charge in [-0.15, -0.1) is 0 Å². The third kappa shape index (κ3) is 6.48. The molecular formula is C12H26N4O. The summed E-state index contributed by atoms with van der Waals surface area (Å²) in [6, 6.07) is 0.323. The van der Waals surface area contributed by atoms with E-state index < -0.39 is 0 Å². The fourth-order valence-corrected chi connectivity index (χ4v) is 1.80. The standard InChI is InChI=1S/C12H26N4O/c1-10(2)8-14-12(13)15-11(3)9-16-4-6-17-7-5-16/h10-11H,4-9H2,1-3H3,(H3,13,14,15). The summed E-state index contributed by atoms with van der Waals surface area (Å²) in [5.41, 5.74) is 5.82. The van der Waals surface area contributed by atoms with Gasteiger partial charge in [-0.2, -0.15) is 0 Å². The van der Waals surface area contributed by atoms with Crippen molar-refractivity contribution in [2.45, 2.75) is 26.8 Å². The Morgan fingerprint density at radius 2 is 2.00 bits per heavy atom. The van der Waals surface area contributed by atoms with Gasteiger partial charge in [0.1, 0.15) is 0 Å². The molecule has 0 saturated carbocycles. The third-order valence-electron chi connectivity index (χ3n) is 2.66. The number of guanidine groups is 1. The first-order chi connectivity index (χ1) is 8.08. The number of ether oxygens (including phenoxy) is 1. The highest BCUT2D eigenvalue weighted by molar-refractivity contribution is 5.78. The predicted octanol–water partition coefficient (Wildman–Crippen LogP) is 0.267. The molecule has 1 aliphatic rings. The van der Waals surface area contributed by atoms with Crippen LogP contribution in [0.15, 0.2) is 4.99 Å². The summed E-state index contributed by atoms with van der Waals surface area (Å²) in [4.78, 5) is 6.68. The molecule has 1 heterocycles. The number of nitrogens with one attached hydrogen (secondary N) is 1. The molecule has 0 aromatic heterocycles. The molecule has 0 bridgehead atoms. The average molecular weight is 242 g/mol. The first-order valence-corrected chi connectivity index (χ1v) is 6.44. The topological polar surface area (TPSA) is 62.9 Å². The van der Waals surface area contributed by atoms with E-state index in [4.69, 9.17) is 10.5 Å². The zero-order valence-corrected chi connectivity index (χ0v) is 11.3. The minimum absolute atomic E-state index is 0.323. The monoisotopic (exact) mass is 242 g/mol. The van der Waals surface area contributed by atoms with E-state index in [1.54, 1.807) is 0 Å². The Labute approximate surface area is 104 Å². The second-order valence-electron chi connectivity index (χ2n) is 5.08. The third-order valence-corrected chi connectivity index (χ3v) is 2.66. The molecule has 1 fully saturated rings. The molecule has 0 radical (unpaired) electrons. The summed E-state index contributed by atoms with van der Waals surface area (Å²) in [5, 5.41) is 3.23. The normalized spacial score (nSPS) is 20.6. The van der Waals surface area contributed by atoms with Crippen molar-refractivity contribution in [3.05, 3.63) is 0 Å². The summed E-state index contributed by atoms with van der Waals surface area (Å²) in [7, 11) is 0. The van der Waals surface area contributed by atoms with E-state index in [9.17, 15) is 0 Å². The lowest BCUT2D eigenvalue weighted by molar-refractivity contribution is 0.0352. The van der Waals surface area contributed by atoms with Gasteiger partial charge in [-0.1, -0.05) is 13.8 Å². The maximum atomic E-state index is 5.82. The summed E-state index contributed by atoms with van der Waals surface area (Å²) >= 11 is 0. The maximum Gasteiger partial charge on any atom is 0.188 e. The molecule has 1 aliphatic heterocycles. The number of nitrogens with two attached hydrogens (primary N) is 1. The van der Waals surface area contributed by atoms with Crippen LogP contribution in [0.5, 0.6) is 0 Å². The first kappa shape index (κ1) is 14.3. The lowest BCUT2D eigenvalue weighted by atomic mass is 10.2. The van der Waals surface area contributed by atoms with Crippen molar-refractivity contribution in [1.82, 2.24) is 10.2 Å². The van der Waals surface area contributed by atoms with Crippen LogP contribution in [0.2, 0.25) is 0 Å². The predicted molar refractivity (Wildman–Crippen MR) is 71.2 cm³/mol. The van der Waals surface area contributed by atoms with Crippen molar-refractivity contribution < 1.29 is 4.74 Å². The Hall–Kier alpha value is -0.810. The molecule has 1 saturated heterocycles. The summed E-state index contributed by atoms with van der Waals surface area (Å²) < 4.78 is 5.32. The van der Waals surface area contributed by atoms with Crippen molar-refractivity contribution in [3.63, 3.8) is 0 Å². The van der Waals surface area contributed by atoms with Crippen LogP contribution in [0.4, 0.5) is 0 Å². The minimum Gasteiger partial charge on any atom is -0.379 e. The SMILES string of the molecule is CC(C)CN=C(N)NC(C)CN1CCOCC1. The van der Waals surface area contributed by atoms with Gasteiger partial charge in [-0.05, 0) is 12.8 Å². The Bertz CT molecular complexity index is 237. The fraction of sp³-hybridized carbons (Fsp3) is 0.917. The molecule has 1 atom stereocenters. The van der Waals surface area contributed by atoms with E-state index in [0.29, 0.717) is 17.9 Å². The smallest absolute Gasteiger partial charge is 0.188 e. The Morgan fingerprint density at radius 3 is 2.59 bits per heavy atom. The van der Waals surface area contributed by atoms with E-state index in [0.717, 1.165) is 39.4 Å². The molecule has 0 aliphatic carbocycles. The molecule has 17 heavy (non-hydrogen) atoms. The van der Waals surface area contributed by atoms with Crippen LogP contribution < -0.4 is 11.1 Å². The summed E-state index contributed by atoms with van der Waals surface area (Å²) in [5.74, 6) is 1.10. The molecule has 1 rings (SSSR count). The summed E-state index contributed by atoms with van der Waals surface area (Å²) in [6.45, 7) is 11.9. The van der Waals surface area contributed by atoms with Crippen molar-refractivity contribution in [3.8, 4) is 0 Å². The maximum absolute atomic E-state index is 5.82. The number of aliphatic imine (C=N–C) groups is 1. The quantitative estimate of drug-likeness (QED) is 0.536. The minimum atomic E-state index is 0.323. The van der Waals surface area contributed by atoms with E-state index in [1.165, 1.54) is 0 Å². The number of nitrogens with zero attached hydrogens (tertiary/aromatic N) is 2. The van der Waals surface area contributed by atoms with E-state index in [1.807, 2.05) is 0 Å². The molecule has 0 aromatic carbocycles. The van der Waals surface area contributed by atoms with E-state index in [2.05, 4.69) is 36.0 Å². The van der Waals surface area contributed by atoms with E-state index >= 15 is 0 Å². The van der Waals surface area contributed by atoms with Gasteiger partial charge in [-0.25, -0.2) is 0 Å². The van der Waals surface area contributed by atoms with Crippen molar-refractivity contribution in [1.29, 1.82) is 0 Å². The molecule has 5 heteroatoms. The van der Waals surface area contributed by atoms with Crippen molar-refractivity contribution in [2.75, 3.05) is 39.4 Å². The van der Waals surface area contributed by atoms with Crippen LogP contribution >= 0.6 is 0 Å². The number of hydrogen-bond donors (Lipinski definition) is 2. The highest BCUT2D eigenvalue weighted by Gasteiger charge is 2.13. The molecule has 5 nitrogen and oxygen atoms in total. The van der Waals surface area contributed by atoms with Crippen LogP contribution in [0, 0.1) is 5.92 Å². The highest BCUT2D eigenvalue weighted by atomic mass is 16.5. The molecular weight excluding hydrogens is 216 g/mol. The van der Waals surface area contributed by atoms with Gasteiger partial charge in [0.2, 0.25) is 0 Å². The summed E-state index contributed by atoms with van der Waals surface area (Å²) in [6.07, 6.45) is 0. The molecule has 0 amide bonds. The van der Waals surface area contributed by atoms with Crippen LogP contribution in [0.1, 0.15) is 20.8 Å². The van der Waals surface area contributed by atoms with Gasteiger partial charge in [0.25, 0.3) is 0 Å².